The van der Waals surface area contributed by atoms with Gasteiger partial charge in [-0.25, -0.2) is 18.2 Å². The zero-order valence-electron chi connectivity index (χ0n) is 27.8. The van der Waals surface area contributed by atoms with E-state index in [1.54, 1.807) is 20.2 Å². The number of amides is 1. The smallest absolute Gasteiger partial charge is 0.319 e. The maximum Gasteiger partial charge on any atom is 0.319 e. The van der Waals surface area contributed by atoms with E-state index in [1.807, 2.05) is 11.0 Å². The Kier molecular flexibility index (Phi) is 8.31. The van der Waals surface area contributed by atoms with Crippen LogP contribution in [0, 0.1) is 23.0 Å². The van der Waals surface area contributed by atoms with Crippen molar-refractivity contribution in [2.75, 3.05) is 57.5 Å². The van der Waals surface area contributed by atoms with E-state index in [1.165, 1.54) is 17.0 Å². The summed E-state index contributed by atoms with van der Waals surface area (Å²) in [4.78, 5) is 36.8. The average molecular weight is 736 g/mol. The number of anilines is 2. The number of halogens is 4. The van der Waals surface area contributed by atoms with E-state index in [4.69, 9.17) is 27.1 Å². The molecule has 3 fully saturated rings. The maximum absolute atomic E-state index is 17.1. The highest BCUT2D eigenvalue weighted by Gasteiger charge is 2.49. The van der Waals surface area contributed by atoms with Gasteiger partial charge in [-0.1, -0.05) is 17.7 Å². The summed E-state index contributed by atoms with van der Waals surface area (Å²) < 4.78 is 53.1. The molecular weight excluding hydrogens is 703 g/mol. The first-order valence-electron chi connectivity index (χ1n) is 16.7. The molecule has 11 nitrogen and oxygen atoms in total. The summed E-state index contributed by atoms with van der Waals surface area (Å²) in [6, 6.07) is 6.05. The second-order valence-electron chi connectivity index (χ2n) is 13.7. The van der Waals surface area contributed by atoms with Crippen molar-refractivity contribution in [3.05, 3.63) is 40.4 Å². The van der Waals surface area contributed by atoms with Gasteiger partial charge in [0.2, 0.25) is 6.17 Å². The second kappa shape index (κ2) is 12.6. The number of nitriles is 1. The normalized spacial score (nSPS) is 23.2. The highest BCUT2D eigenvalue weighted by atomic mass is 35.5. The monoisotopic (exact) mass is 735 g/mol. The molecule has 0 spiro atoms. The summed E-state index contributed by atoms with van der Waals surface area (Å²) in [5.41, 5.74) is 7.00. The van der Waals surface area contributed by atoms with E-state index in [0.717, 1.165) is 36.4 Å². The van der Waals surface area contributed by atoms with Crippen molar-refractivity contribution in [3.8, 4) is 23.2 Å². The predicted octanol–water partition coefficient (Wildman–Crippen LogP) is 5.76. The third kappa shape index (κ3) is 5.55. The second-order valence-corrected chi connectivity index (χ2v) is 15.1. The SMILES string of the molecule is CN(C)C(=O)C1N=C2CCCN(c3nc(OC[C@@]45CCCN4C[C@H](F)C5)nc4c(F)c(-c5ccc(F)c6sc(N)c(C#N)c56)c(Cl)cc34)CC2=N1. The molecule has 0 aliphatic carbocycles. The summed E-state index contributed by atoms with van der Waals surface area (Å²) in [5.74, 6) is -1.31. The summed E-state index contributed by atoms with van der Waals surface area (Å²) in [6.07, 6.45) is 1.41. The Balaban J connectivity index is 1.27. The summed E-state index contributed by atoms with van der Waals surface area (Å²) in [6.45, 7) is 1.96. The minimum absolute atomic E-state index is 0.00700. The fourth-order valence-electron chi connectivity index (χ4n) is 7.90. The van der Waals surface area contributed by atoms with Gasteiger partial charge in [0.05, 0.1) is 38.8 Å². The van der Waals surface area contributed by atoms with Gasteiger partial charge in [0.25, 0.3) is 5.91 Å². The number of alkyl halides is 1. The Morgan fingerprint density at radius 2 is 2.02 bits per heavy atom. The van der Waals surface area contributed by atoms with E-state index in [9.17, 15) is 18.8 Å². The number of thiophene rings is 1. The maximum atomic E-state index is 17.1. The molecule has 4 aliphatic rings. The van der Waals surface area contributed by atoms with Gasteiger partial charge < -0.3 is 20.3 Å². The number of rotatable bonds is 6. The summed E-state index contributed by atoms with van der Waals surface area (Å²) >= 11 is 7.79. The molecule has 1 amide bonds. The van der Waals surface area contributed by atoms with Crippen LogP contribution in [0.4, 0.5) is 24.0 Å². The zero-order valence-corrected chi connectivity index (χ0v) is 29.4. The van der Waals surface area contributed by atoms with Gasteiger partial charge in [-0.15, -0.1) is 11.3 Å². The fourth-order valence-corrected chi connectivity index (χ4v) is 9.15. The van der Waals surface area contributed by atoms with E-state index >= 15 is 4.39 Å². The molecule has 3 saturated heterocycles. The molecule has 6 heterocycles. The van der Waals surface area contributed by atoms with Gasteiger partial charge in [-0.2, -0.15) is 15.2 Å². The van der Waals surface area contributed by atoms with E-state index in [-0.39, 0.29) is 67.4 Å². The van der Waals surface area contributed by atoms with Gasteiger partial charge in [0, 0.05) is 49.9 Å². The van der Waals surface area contributed by atoms with Crippen molar-refractivity contribution >= 4 is 72.1 Å². The highest BCUT2D eigenvalue weighted by Crippen LogP contribution is 2.46. The highest BCUT2D eigenvalue weighted by molar-refractivity contribution is 7.23. The quantitative estimate of drug-likeness (QED) is 0.264. The Morgan fingerprint density at radius 1 is 1.22 bits per heavy atom. The standard InChI is InChI=1S/C35H33ClF3N9O2S/c1-46(2)33(49)31-42-23-5-3-9-47(15-24(23)43-31)32-19-11-21(36)26(18-6-7-22(38)29-25(18)20(13-40)30(41)51-29)27(39)28(19)44-34(45-32)50-16-35-8-4-10-48(35)14-17(37)12-35/h6-7,11,17,31H,3-5,8-10,12,14-16,41H2,1-2H3/t17-,31?,35+/m1/s1. The molecule has 0 bridgehead atoms. The lowest BCUT2D eigenvalue weighted by Gasteiger charge is -2.31. The first-order valence-corrected chi connectivity index (χ1v) is 17.9. The lowest BCUT2D eigenvalue weighted by molar-refractivity contribution is -0.129. The predicted molar refractivity (Wildman–Crippen MR) is 192 cm³/mol. The Labute approximate surface area is 300 Å². The van der Waals surface area contributed by atoms with Crippen molar-refractivity contribution in [2.24, 2.45) is 9.98 Å². The third-order valence-corrected chi connectivity index (χ3v) is 11.6. The number of fused-ring (bicyclic) bond motifs is 4. The Hall–Kier alpha value is -4.52. The van der Waals surface area contributed by atoms with Crippen molar-refractivity contribution < 1.29 is 22.7 Å². The van der Waals surface area contributed by atoms with Crippen molar-refractivity contribution in [2.45, 2.75) is 50.0 Å². The van der Waals surface area contributed by atoms with Crippen LogP contribution in [-0.2, 0) is 4.79 Å². The molecule has 4 aromatic rings. The Morgan fingerprint density at radius 3 is 2.80 bits per heavy atom. The summed E-state index contributed by atoms with van der Waals surface area (Å²) in [5, 5.41) is 10.5. The number of nitrogen functional groups attached to an aromatic ring is 1. The van der Waals surface area contributed by atoms with E-state index in [2.05, 4.69) is 19.9 Å². The van der Waals surface area contributed by atoms with E-state index < -0.39 is 29.5 Å². The number of aliphatic imine (C=N–C) groups is 2. The number of ether oxygens (including phenoxy) is 1. The van der Waals surface area contributed by atoms with Crippen LogP contribution in [0.15, 0.2) is 28.2 Å². The van der Waals surface area contributed by atoms with Crippen LogP contribution in [0.2, 0.25) is 5.02 Å². The molecular formula is C35H33ClF3N9O2S. The van der Waals surface area contributed by atoms with Crippen molar-refractivity contribution in [1.82, 2.24) is 19.8 Å². The molecule has 3 atom stereocenters. The van der Waals surface area contributed by atoms with Crippen LogP contribution < -0.4 is 15.4 Å². The van der Waals surface area contributed by atoms with Crippen LogP contribution in [0.3, 0.4) is 0 Å². The number of hydrogen-bond acceptors (Lipinski definition) is 11. The number of carbonyl (C=O) groups excluding carboxylic acids is 1. The molecule has 8 rings (SSSR count). The molecule has 0 radical (unpaired) electrons. The molecule has 264 valence electrons. The number of nitrogens with zero attached hydrogens (tertiary/aromatic N) is 8. The molecule has 0 saturated carbocycles. The van der Waals surface area contributed by atoms with Crippen molar-refractivity contribution in [3.63, 3.8) is 0 Å². The van der Waals surface area contributed by atoms with Gasteiger partial charge >= 0.3 is 6.01 Å². The lowest BCUT2D eigenvalue weighted by Crippen LogP contribution is -2.43. The zero-order chi connectivity index (χ0) is 35.8. The van der Waals surface area contributed by atoms with Crippen LogP contribution in [0.5, 0.6) is 6.01 Å². The third-order valence-electron chi connectivity index (χ3n) is 10.3. The number of nitrogens with two attached hydrogens (primary N) is 1. The molecule has 16 heteroatoms. The van der Waals surface area contributed by atoms with Gasteiger partial charge in [-0.05, 0) is 49.9 Å². The van der Waals surface area contributed by atoms with Crippen molar-refractivity contribution in [1.29, 1.82) is 5.26 Å². The minimum atomic E-state index is -0.968. The van der Waals surface area contributed by atoms with Crippen LogP contribution in [-0.4, -0.2) is 102 Å². The van der Waals surface area contributed by atoms with Gasteiger partial charge in [0.1, 0.15) is 41.0 Å². The number of carbonyl (C=O) groups is 1. The molecule has 2 aromatic carbocycles. The summed E-state index contributed by atoms with van der Waals surface area (Å²) in [7, 11) is 3.30. The average Bonchev–Trinajstić information content (AvgIpc) is 3.82. The molecule has 51 heavy (non-hydrogen) atoms. The van der Waals surface area contributed by atoms with Gasteiger partial charge in [-0.3, -0.25) is 14.7 Å². The minimum Gasteiger partial charge on any atom is -0.461 e. The van der Waals surface area contributed by atoms with Crippen LogP contribution in [0.25, 0.3) is 32.1 Å². The number of likely N-dealkylation sites (N-methyl/N-ethyl adjacent to an activating group) is 1. The first kappa shape index (κ1) is 33.6. The number of hydrogen-bond donors (Lipinski definition) is 1. The number of benzene rings is 2. The number of aromatic nitrogens is 2. The largest absolute Gasteiger partial charge is 0.461 e. The fraction of sp³-hybridized carbons (Fsp3) is 0.429. The first-order chi connectivity index (χ1) is 24.5. The van der Waals surface area contributed by atoms with Gasteiger partial charge in [0.15, 0.2) is 5.82 Å². The Bertz CT molecular complexity index is 2240. The molecule has 2 aromatic heterocycles. The van der Waals surface area contributed by atoms with Crippen LogP contribution >= 0.6 is 22.9 Å². The molecule has 2 N–H and O–H groups in total. The molecule has 4 aliphatic heterocycles. The lowest BCUT2D eigenvalue weighted by atomic mass is 9.95. The van der Waals surface area contributed by atoms with Crippen LogP contribution in [0.1, 0.15) is 37.7 Å². The molecule has 1 unspecified atom stereocenters. The topological polar surface area (TPSA) is 136 Å². The van der Waals surface area contributed by atoms with E-state index in [0.29, 0.717) is 49.3 Å².